The molecule has 0 spiro atoms. The van der Waals surface area contributed by atoms with E-state index in [0.717, 1.165) is 12.3 Å². The number of carbonyl (C=O) groups excluding carboxylic acids is 1. The summed E-state index contributed by atoms with van der Waals surface area (Å²) in [5.41, 5.74) is 0.717. The quantitative estimate of drug-likeness (QED) is 0.446. The summed E-state index contributed by atoms with van der Waals surface area (Å²) < 4.78 is 41.5. The first-order valence-electron chi connectivity index (χ1n) is 9.50. The van der Waals surface area contributed by atoms with Crippen LogP contribution < -0.4 is 5.32 Å². The molecule has 0 bridgehead atoms. The maximum atomic E-state index is 13.6. The summed E-state index contributed by atoms with van der Waals surface area (Å²) in [5.74, 6) is -0.488. The second-order valence-electron chi connectivity index (χ2n) is 6.72. The van der Waals surface area contributed by atoms with E-state index in [1.807, 2.05) is 0 Å². The van der Waals surface area contributed by atoms with Crippen molar-refractivity contribution in [3.8, 4) is 17.1 Å². The highest BCUT2D eigenvalue weighted by Gasteiger charge is 2.37. The number of rotatable bonds is 6. The van der Waals surface area contributed by atoms with Crippen molar-refractivity contribution in [3.63, 3.8) is 0 Å². The Morgan fingerprint density at radius 3 is 2.55 bits per heavy atom. The predicted octanol–water partition coefficient (Wildman–Crippen LogP) is 4.61. The molecule has 0 radical (unpaired) electrons. The van der Waals surface area contributed by atoms with Gasteiger partial charge in [-0.3, -0.25) is 15.1 Å². The molecule has 33 heavy (non-hydrogen) atoms. The number of hydrogen-bond acceptors (Lipinski definition) is 5. The molecule has 0 aromatic carbocycles. The summed E-state index contributed by atoms with van der Waals surface area (Å²) in [7, 11) is 0. The molecular formula is C22H16F3N7O. The molecule has 4 aromatic heterocycles. The summed E-state index contributed by atoms with van der Waals surface area (Å²) in [6.45, 7) is 7.27. The summed E-state index contributed by atoms with van der Waals surface area (Å²) in [5, 5.41) is 6.61. The van der Waals surface area contributed by atoms with Crippen LogP contribution in [0.2, 0.25) is 0 Å². The summed E-state index contributed by atoms with van der Waals surface area (Å²) in [6, 6.07) is 6.74. The Labute approximate surface area is 185 Å². The molecule has 0 unspecified atom stereocenters. The van der Waals surface area contributed by atoms with Crippen LogP contribution in [0.3, 0.4) is 0 Å². The third kappa shape index (κ3) is 4.42. The predicted molar refractivity (Wildman–Crippen MR) is 116 cm³/mol. The molecule has 4 heterocycles. The third-order valence-corrected chi connectivity index (χ3v) is 4.57. The Bertz CT molecular complexity index is 1300. The minimum atomic E-state index is -4.67. The number of hydrogen-bond donors (Lipinski definition) is 2. The summed E-state index contributed by atoms with van der Waals surface area (Å²) >= 11 is 0. The maximum Gasteiger partial charge on any atom is 0.433 e. The highest BCUT2D eigenvalue weighted by atomic mass is 19.4. The molecule has 166 valence electrons. The number of nitrogens with zero attached hydrogens (tertiary/aromatic N) is 5. The highest BCUT2D eigenvalue weighted by Crippen LogP contribution is 2.33. The average Bonchev–Trinajstić information content (AvgIpc) is 3.44. The molecule has 8 nitrogen and oxygen atoms in total. The van der Waals surface area contributed by atoms with Crippen molar-refractivity contribution in [2.75, 3.05) is 5.32 Å². The number of aromatic amines is 1. The van der Waals surface area contributed by atoms with E-state index in [4.69, 9.17) is 0 Å². The molecule has 0 fully saturated rings. The van der Waals surface area contributed by atoms with Crippen molar-refractivity contribution in [1.29, 1.82) is 0 Å². The SMILES string of the molecule is C=Cc1nc(NC(=O)c2ccc(-n3nc(-c4cccnc4)cc3C(F)(F)F)nc2)[nH]c1C=C. The topological polar surface area (TPSA) is 101 Å². The van der Waals surface area contributed by atoms with Gasteiger partial charge in [0.15, 0.2) is 11.5 Å². The second-order valence-corrected chi connectivity index (χ2v) is 6.72. The highest BCUT2D eigenvalue weighted by molar-refractivity contribution is 6.03. The van der Waals surface area contributed by atoms with Gasteiger partial charge in [-0.25, -0.2) is 14.6 Å². The molecule has 0 aliphatic carbocycles. The van der Waals surface area contributed by atoms with Gasteiger partial charge in [-0.2, -0.15) is 18.3 Å². The van der Waals surface area contributed by atoms with Gasteiger partial charge in [-0.1, -0.05) is 13.2 Å². The number of alkyl halides is 3. The second kappa shape index (κ2) is 8.54. The molecule has 11 heteroatoms. The van der Waals surface area contributed by atoms with Gasteiger partial charge in [-0.05, 0) is 42.5 Å². The fourth-order valence-electron chi connectivity index (χ4n) is 3.01. The Morgan fingerprint density at radius 1 is 1.15 bits per heavy atom. The van der Waals surface area contributed by atoms with E-state index in [9.17, 15) is 18.0 Å². The smallest absolute Gasteiger partial charge is 0.324 e. The van der Waals surface area contributed by atoms with Gasteiger partial charge in [0, 0.05) is 24.2 Å². The van der Waals surface area contributed by atoms with E-state index in [1.165, 1.54) is 36.7 Å². The van der Waals surface area contributed by atoms with Crippen LogP contribution in [-0.4, -0.2) is 35.6 Å². The van der Waals surface area contributed by atoms with Gasteiger partial charge >= 0.3 is 6.18 Å². The Morgan fingerprint density at radius 2 is 1.97 bits per heavy atom. The standard InChI is InChI=1S/C22H16F3N7O/c1-3-15-16(4-2)29-21(28-15)30-20(33)14-7-8-19(27-12-14)32-18(22(23,24)25)10-17(31-32)13-6-5-9-26-11-13/h3-12H,1-2H2,(H2,28,29,30,33). The van der Waals surface area contributed by atoms with Crippen molar-refractivity contribution in [2.45, 2.75) is 6.18 Å². The van der Waals surface area contributed by atoms with Gasteiger partial charge in [-0.15, -0.1) is 0 Å². The van der Waals surface area contributed by atoms with Crippen molar-refractivity contribution >= 4 is 24.0 Å². The number of H-pyrrole nitrogens is 1. The monoisotopic (exact) mass is 451 g/mol. The van der Waals surface area contributed by atoms with Crippen molar-refractivity contribution in [3.05, 3.63) is 84.7 Å². The number of amides is 1. The molecule has 0 atom stereocenters. The van der Waals surface area contributed by atoms with E-state index in [2.05, 4.69) is 43.5 Å². The van der Waals surface area contributed by atoms with Crippen LogP contribution in [0.1, 0.15) is 27.4 Å². The van der Waals surface area contributed by atoms with Crippen LogP contribution in [0.15, 0.2) is 62.1 Å². The largest absolute Gasteiger partial charge is 0.433 e. The minimum absolute atomic E-state index is 0.0907. The molecule has 0 aliphatic rings. The normalized spacial score (nSPS) is 11.2. The van der Waals surface area contributed by atoms with Crippen molar-refractivity contribution in [1.82, 2.24) is 29.7 Å². The third-order valence-electron chi connectivity index (χ3n) is 4.57. The molecule has 4 rings (SSSR count). The zero-order valence-corrected chi connectivity index (χ0v) is 17.0. The molecule has 4 aromatic rings. The minimum Gasteiger partial charge on any atom is -0.324 e. The number of carbonyl (C=O) groups is 1. The molecular weight excluding hydrogens is 435 g/mol. The number of pyridine rings is 2. The van der Waals surface area contributed by atoms with Crippen LogP contribution in [0.5, 0.6) is 0 Å². The Hall–Kier alpha value is -4.54. The maximum absolute atomic E-state index is 13.6. The zero-order valence-electron chi connectivity index (χ0n) is 17.0. The van der Waals surface area contributed by atoms with E-state index in [1.54, 1.807) is 12.1 Å². The summed E-state index contributed by atoms with van der Waals surface area (Å²) in [4.78, 5) is 27.4. The van der Waals surface area contributed by atoms with Gasteiger partial charge in [0.25, 0.3) is 5.91 Å². The van der Waals surface area contributed by atoms with E-state index >= 15 is 0 Å². The fourth-order valence-corrected chi connectivity index (χ4v) is 3.01. The first kappa shape index (κ1) is 21.7. The van der Waals surface area contributed by atoms with Gasteiger partial charge in [0.05, 0.1) is 22.6 Å². The first-order chi connectivity index (χ1) is 15.8. The number of anilines is 1. The number of nitrogens with one attached hydrogen (secondary N) is 2. The molecule has 2 N–H and O–H groups in total. The van der Waals surface area contributed by atoms with Crippen molar-refractivity contribution in [2.24, 2.45) is 0 Å². The van der Waals surface area contributed by atoms with Crippen LogP contribution in [0, 0.1) is 0 Å². The molecule has 0 saturated heterocycles. The van der Waals surface area contributed by atoms with E-state index in [-0.39, 0.29) is 23.0 Å². The van der Waals surface area contributed by atoms with Crippen molar-refractivity contribution < 1.29 is 18.0 Å². The van der Waals surface area contributed by atoms with E-state index in [0.29, 0.717) is 21.6 Å². The van der Waals surface area contributed by atoms with Crippen LogP contribution in [-0.2, 0) is 6.18 Å². The van der Waals surface area contributed by atoms with Crippen LogP contribution >= 0.6 is 0 Å². The van der Waals surface area contributed by atoms with E-state index < -0.39 is 17.8 Å². The lowest BCUT2D eigenvalue weighted by molar-refractivity contribution is -0.142. The first-order valence-corrected chi connectivity index (χ1v) is 9.50. The number of aromatic nitrogens is 6. The lowest BCUT2D eigenvalue weighted by Gasteiger charge is -2.09. The Balaban J connectivity index is 1.62. The lowest BCUT2D eigenvalue weighted by atomic mass is 10.2. The van der Waals surface area contributed by atoms with Gasteiger partial charge in [0.1, 0.15) is 0 Å². The van der Waals surface area contributed by atoms with Gasteiger partial charge in [0.2, 0.25) is 5.95 Å². The fraction of sp³-hybridized carbons (Fsp3) is 0.0455. The number of imidazole rings is 1. The lowest BCUT2D eigenvalue weighted by Crippen LogP contribution is -2.16. The molecule has 1 amide bonds. The Kier molecular flexibility index (Phi) is 5.61. The molecule has 0 aliphatic heterocycles. The van der Waals surface area contributed by atoms with Crippen LogP contribution in [0.4, 0.5) is 19.1 Å². The van der Waals surface area contributed by atoms with Gasteiger partial charge < -0.3 is 4.98 Å². The van der Waals surface area contributed by atoms with Crippen LogP contribution in [0.25, 0.3) is 29.2 Å². The number of halogens is 3. The summed E-state index contributed by atoms with van der Waals surface area (Å²) in [6.07, 6.45) is 2.44. The molecule has 0 saturated carbocycles. The average molecular weight is 451 g/mol. The zero-order chi connectivity index (χ0) is 23.6.